The molecule has 4 nitrogen and oxygen atoms in total. The molecule has 23 heavy (non-hydrogen) atoms. The number of amides is 2. The summed E-state index contributed by atoms with van der Waals surface area (Å²) in [5.74, 6) is -2.23. The van der Waals surface area contributed by atoms with E-state index in [9.17, 15) is 14.0 Å². The van der Waals surface area contributed by atoms with Crippen LogP contribution in [0.2, 0.25) is 10.0 Å². The number of halogens is 3. The lowest BCUT2D eigenvalue weighted by Gasteiger charge is -2.07. The summed E-state index contributed by atoms with van der Waals surface area (Å²) in [5, 5.41) is 5.32. The van der Waals surface area contributed by atoms with Gasteiger partial charge in [0, 0.05) is 17.3 Å². The fraction of sp³-hybridized carbons (Fsp3) is 0.125. The molecule has 0 radical (unpaired) electrons. The summed E-state index contributed by atoms with van der Waals surface area (Å²) in [6, 6.07) is 10.9. The first kappa shape index (κ1) is 17.2. The third-order valence-electron chi connectivity index (χ3n) is 2.97. The lowest BCUT2D eigenvalue weighted by atomic mass is 10.1. The molecule has 0 heterocycles. The normalized spacial score (nSPS) is 10.2. The maximum atomic E-state index is 13.0. The maximum absolute atomic E-state index is 13.0. The van der Waals surface area contributed by atoms with E-state index in [0.717, 1.165) is 11.6 Å². The zero-order valence-corrected chi connectivity index (χ0v) is 13.4. The molecule has 0 saturated carbocycles. The van der Waals surface area contributed by atoms with E-state index in [-0.39, 0.29) is 17.3 Å². The molecule has 2 aromatic carbocycles. The van der Waals surface area contributed by atoms with Crippen LogP contribution in [0, 0.1) is 5.82 Å². The van der Waals surface area contributed by atoms with Gasteiger partial charge in [0.15, 0.2) is 0 Å². The molecule has 2 amide bonds. The van der Waals surface area contributed by atoms with Crippen molar-refractivity contribution in [3.8, 4) is 0 Å². The van der Waals surface area contributed by atoms with E-state index < -0.39 is 17.6 Å². The predicted molar refractivity (Wildman–Crippen MR) is 88.2 cm³/mol. The first-order chi connectivity index (χ1) is 11.0. The van der Waals surface area contributed by atoms with Gasteiger partial charge in [0.25, 0.3) is 0 Å². The third-order valence-corrected chi connectivity index (χ3v) is 3.50. The molecule has 120 valence electrons. The van der Waals surface area contributed by atoms with E-state index in [0.29, 0.717) is 11.4 Å². The predicted octanol–water partition coefficient (Wildman–Crippen LogP) is 3.43. The van der Waals surface area contributed by atoms with Crippen LogP contribution in [-0.2, 0) is 16.0 Å². The molecule has 0 aliphatic carbocycles. The second kappa shape index (κ2) is 7.94. The van der Waals surface area contributed by atoms with Crippen molar-refractivity contribution in [1.82, 2.24) is 5.32 Å². The summed E-state index contributed by atoms with van der Waals surface area (Å²) in [6.45, 7) is 0.288. The Morgan fingerprint density at radius 2 is 1.83 bits per heavy atom. The second-order valence-electron chi connectivity index (χ2n) is 4.72. The van der Waals surface area contributed by atoms with Crippen molar-refractivity contribution in [3.05, 3.63) is 63.9 Å². The van der Waals surface area contributed by atoms with E-state index in [1.54, 1.807) is 12.1 Å². The average molecular weight is 355 g/mol. The number of hydrogen-bond acceptors (Lipinski definition) is 2. The van der Waals surface area contributed by atoms with Gasteiger partial charge in [-0.15, -0.1) is 0 Å². The minimum absolute atomic E-state index is 0.135. The molecule has 0 atom stereocenters. The van der Waals surface area contributed by atoms with Crippen LogP contribution < -0.4 is 10.6 Å². The molecule has 7 heteroatoms. The topological polar surface area (TPSA) is 58.2 Å². The SMILES string of the molecule is O=C(NCCc1cccc(Cl)c1)C(=O)Nc1ccc(F)c(Cl)c1. The quantitative estimate of drug-likeness (QED) is 0.826. The van der Waals surface area contributed by atoms with Gasteiger partial charge in [-0.05, 0) is 42.3 Å². The summed E-state index contributed by atoms with van der Waals surface area (Å²) in [5.41, 5.74) is 1.19. The zero-order valence-electron chi connectivity index (χ0n) is 11.9. The standard InChI is InChI=1S/C16H13Cl2FN2O2/c17-11-3-1-2-10(8-11)6-7-20-15(22)16(23)21-12-4-5-14(19)13(18)9-12/h1-5,8-9H,6-7H2,(H,20,22)(H,21,23). The molecule has 0 spiro atoms. The van der Waals surface area contributed by atoms with Crippen molar-refractivity contribution in [1.29, 1.82) is 0 Å². The first-order valence-corrected chi connectivity index (χ1v) is 7.50. The fourth-order valence-corrected chi connectivity index (χ4v) is 2.25. The second-order valence-corrected chi connectivity index (χ2v) is 5.56. The number of carbonyl (C=O) groups excluding carboxylic acids is 2. The van der Waals surface area contributed by atoms with Crippen LogP contribution in [0.4, 0.5) is 10.1 Å². The molecule has 0 unspecified atom stereocenters. The Morgan fingerprint density at radius 1 is 1.04 bits per heavy atom. The van der Waals surface area contributed by atoms with E-state index >= 15 is 0 Å². The van der Waals surface area contributed by atoms with Crippen LogP contribution in [0.5, 0.6) is 0 Å². The number of nitrogens with one attached hydrogen (secondary N) is 2. The van der Waals surface area contributed by atoms with Crippen LogP contribution in [0.25, 0.3) is 0 Å². The molecule has 0 aliphatic heterocycles. The Bertz CT molecular complexity index is 738. The molecule has 2 rings (SSSR count). The highest BCUT2D eigenvalue weighted by Gasteiger charge is 2.13. The lowest BCUT2D eigenvalue weighted by Crippen LogP contribution is -2.36. The lowest BCUT2D eigenvalue weighted by molar-refractivity contribution is -0.136. The van der Waals surface area contributed by atoms with Crippen LogP contribution in [0.15, 0.2) is 42.5 Å². The van der Waals surface area contributed by atoms with Gasteiger partial charge in [-0.25, -0.2) is 4.39 Å². The van der Waals surface area contributed by atoms with Gasteiger partial charge in [0.2, 0.25) is 0 Å². The average Bonchev–Trinajstić information content (AvgIpc) is 2.51. The van der Waals surface area contributed by atoms with Gasteiger partial charge in [0.1, 0.15) is 5.82 Å². The van der Waals surface area contributed by atoms with E-state index in [1.165, 1.54) is 12.1 Å². The fourth-order valence-electron chi connectivity index (χ4n) is 1.85. The number of hydrogen-bond donors (Lipinski definition) is 2. The van der Waals surface area contributed by atoms with Crippen LogP contribution >= 0.6 is 23.2 Å². The van der Waals surface area contributed by atoms with Crippen LogP contribution in [0.1, 0.15) is 5.56 Å². The van der Waals surface area contributed by atoms with Gasteiger partial charge in [-0.3, -0.25) is 9.59 Å². The van der Waals surface area contributed by atoms with E-state index in [1.807, 2.05) is 12.1 Å². The number of carbonyl (C=O) groups is 2. The van der Waals surface area contributed by atoms with Gasteiger partial charge in [0.05, 0.1) is 5.02 Å². The number of anilines is 1. The molecule has 2 N–H and O–H groups in total. The molecule has 2 aromatic rings. The molecule has 0 aliphatic rings. The number of rotatable bonds is 4. The summed E-state index contributed by atoms with van der Waals surface area (Å²) >= 11 is 11.5. The van der Waals surface area contributed by atoms with Crippen molar-refractivity contribution < 1.29 is 14.0 Å². The molecular weight excluding hydrogens is 342 g/mol. The monoisotopic (exact) mass is 354 g/mol. The van der Waals surface area contributed by atoms with Gasteiger partial charge < -0.3 is 10.6 Å². The summed E-state index contributed by atoms with van der Waals surface area (Å²) < 4.78 is 13.0. The highest BCUT2D eigenvalue weighted by molar-refractivity contribution is 6.39. The van der Waals surface area contributed by atoms with Gasteiger partial charge >= 0.3 is 11.8 Å². The Labute approximate surface area is 142 Å². The highest BCUT2D eigenvalue weighted by Crippen LogP contribution is 2.19. The number of benzene rings is 2. The summed E-state index contributed by atoms with van der Waals surface area (Å²) in [7, 11) is 0. The summed E-state index contributed by atoms with van der Waals surface area (Å²) in [4.78, 5) is 23.4. The highest BCUT2D eigenvalue weighted by atomic mass is 35.5. The third kappa shape index (κ3) is 5.23. The Morgan fingerprint density at radius 3 is 2.52 bits per heavy atom. The Balaban J connectivity index is 1.83. The van der Waals surface area contributed by atoms with Gasteiger partial charge in [-0.1, -0.05) is 35.3 Å². The first-order valence-electron chi connectivity index (χ1n) is 6.74. The molecule has 0 saturated heterocycles. The molecular formula is C16H13Cl2FN2O2. The smallest absolute Gasteiger partial charge is 0.313 e. The zero-order chi connectivity index (χ0) is 16.8. The molecule has 0 aromatic heterocycles. The van der Waals surface area contributed by atoms with Crippen molar-refractivity contribution >= 4 is 40.7 Å². The van der Waals surface area contributed by atoms with Crippen molar-refractivity contribution in [3.63, 3.8) is 0 Å². The summed E-state index contributed by atoms with van der Waals surface area (Å²) in [6.07, 6.45) is 0.544. The minimum atomic E-state index is -0.848. The van der Waals surface area contributed by atoms with Gasteiger partial charge in [-0.2, -0.15) is 0 Å². The maximum Gasteiger partial charge on any atom is 0.313 e. The minimum Gasteiger partial charge on any atom is -0.347 e. The van der Waals surface area contributed by atoms with Crippen LogP contribution in [0.3, 0.4) is 0 Å². The largest absolute Gasteiger partial charge is 0.347 e. The Hall–Kier alpha value is -2.11. The molecule has 0 fully saturated rings. The Kier molecular flexibility index (Phi) is 5.96. The van der Waals surface area contributed by atoms with Crippen LogP contribution in [-0.4, -0.2) is 18.4 Å². The molecule has 0 bridgehead atoms. The van der Waals surface area contributed by atoms with Crippen molar-refractivity contribution in [2.75, 3.05) is 11.9 Å². The van der Waals surface area contributed by atoms with Crippen molar-refractivity contribution in [2.45, 2.75) is 6.42 Å². The van der Waals surface area contributed by atoms with E-state index in [4.69, 9.17) is 23.2 Å². The van der Waals surface area contributed by atoms with Crippen molar-refractivity contribution in [2.24, 2.45) is 0 Å². The van der Waals surface area contributed by atoms with E-state index in [2.05, 4.69) is 10.6 Å².